The Balaban J connectivity index is 3.16. The minimum absolute atomic E-state index is 0.128. The van der Waals surface area contributed by atoms with Gasteiger partial charge in [-0.25, -0.2) is 13.1 Å². The van der Waals surface area contributed by atoms with Gasteiger partial charge in [-0.3, -0.25) is 0 Å². The zero-order valence-electron chi connectivity index (χ0n) is 9.25. The van der Waals surface area contributed by atoms with Crippen LogP contribution in [0.25, 0.3) is 0 Å². The van der Waals surface area contributed by atoms with E-state index in [-0.39, 0.29) is 9.92 Å². The van der Waals surface area contributed by atoms with E-state index in [1.807, 2.05) is 0 Å². The smallest absolute Gasteiger partial charge is 0.242 e. The number of hydrogen-bond acceptors (Lipinski definition) is 3. The molecule has 0 aliphatic carbocycles. The van der Waals surface area contributed by atoms with Crippen molar-refractivity contribution in [3.8, 4) is 0 Å². The highest BCUT2D eigenvalue weighted by Crippen LogP contribution is 2.22. The lowest BCUT2D eigenvalue weighted by Gasteiger charge is -2.08. The predicted octanol–water partition coefficient (Wildman–Crippen LogP) is 1.36. The van der Waals surface area contributed by atoms with E-state index in [0.717, 1.165) is 5.56 Å². The van der Waals surface area contributed by atoms with E-state index in [4.69, 9.17) is 11.6 Å². The van der Waals surface area contributed by atoms with Gasteiger partial charge in [0, 0.05) is 13.1 Å². The second-order valence-corrected chi connectivity index (χ2v) is 5.44. The van der Waals surface area contributed by atoms with Crippen LogP contribution in [0.1, 0.15) is 12.5 Å². The van der Waals surface area contributed by atoms with Crippen LogP contribution in [0.3, 0.4) is 0 Å². The normalized spacial score (nSPS) is 11.7. The van der Waals surface area contributed by atoms with Crippen molar-refractivity contribution in [2.24, 2.45) is 0 Å². The van der Waals surface area contributed by atoms with Gasteiger partial charge >= 0.3 is 0 Å². The molecule has 0 heterocycles. The Kier molecular flexibility index (Phi) is 4.73. The number of benzene rings is 1. The molecular weight excluding hydrogens is 248 g/mol. The van der Waals surface area contributed by atoms with Crippen molar-refractivity contribution in [1.29, 1.82) is 0 Å². The molecule has 1 rings (SSSR count). The molecule has 0 aromatic heterocycles. The molecule has 0 radical (unpaired) electrons. The van der Waals surface area contributed by atoms with Gasteiger partial charge in [0.15, 0.2) is 0 Å². The van der Waals surface area contributed by atoms with Crippen molar-refractivity contribution in [2.75, 3.05) is 13.6 Å². The van der Waals surface area contributed by atoms with E-state index >= 15 is 0 Å². The second-order valence-electron chi connectivity index (χ2n) is 3.30. The zero-order chi connectivity index (χ0) is 12.2. The number of sulfonamides is 1. The first-order valence-corrected chi connectivity index (χ1v) is 6.80. The van der Waals surface area contributed by atoms with Gasteiger partial charge in [0.1, 0.15) is 4.90 Å². The quantitative estimate of drug-likeness (QED) is 0.842. The van der Waals surface area contributed by atoms with Crippen molar-refractivity contribution in [3.05, 3.63) is 28.8 Å². The number of nitrogens with one attached hydrogen (secondary N) is 2. The third-order valence-electron chi connectivity index (χ3n) is 2.00. The molecule has 16 heavy (non-hydrogen) atoms. The van der Waals surface area contributed by atoms with Crippen molar-refractivity contribution in [1.82, 2.24) is 10.0 Å². The molecule has 0 fully saturated rings. The fourth-order valence-corrected chi connectivity index (χ4v) is 2.92. The highest BCUT2D eigenvalue weighted by Gasteiger charge is 2.16. The van der Waals surface area contributed by atoms with Gasteiger partial charge in [0.25, 0.3) is 0 Å². The summed E-state index contributed by atoms with van der Waals surface area (Å²) >= 11 is 5.88. The molecule has 90 valence electrons. The average Bonchev–Trinajstić information content (AvgIpc) is 2.21. The van der Waals surface area contributed by atoms with Gasteiger partial charge in [0.2, 0.25) is 10.0 Å². The van der Waals surface area contributed by atoms with Crippen molar-refractivity contribution in [3.63, 3.8) is 0 Å². The van der Waals surface area contributed by atoms with Crippen LogP contribution in [0.2, 0.25) is 5.02 Å². The summed E-state index contributed by atoms with van der Waals surface area (Å²) in [5, 5.41) is 3.19. The first kappa shape index (κ1) is 13.4. The average molecular weight is 263 g/mol. The molecule has 1 aromatic rings. The summed E-state index contributed by atoms with van der Waals surface area (Å²) < 4.78 is 26.0. The molecule has 0 saturated carbocycles. The Morgan fingerprint density at radius 3 is 2.62 bits per heavy atom. The molecule has 6 heteroatoms. The van der Waals surface area contributed by atoms with E-state index in [0.29, 0.717) is 13.1 Å². The molecule has 2 N–H and O–H groups in total. The summed E-state index contributed by atoms with van der Waals surface area (Å²) in [6.45, 7) is 2.67. The van der Waals surface area contributed by atoms with Crippen LogP contribution < -0.4 is 10.0 Å². The topological polar surface area (TPSA) is 58.2 Å². The van der Waals surface area contributed by atoms with E-state index in [1.165, 1.54) is 0 Å². The van der Waals surface area contributed by atoms with Gasteiger partial charge in [-0.2, -0.15) is 0 Å². The maximum atomic E-state index is 11.8. The Morgan fingerprint density at radius 2 is 2.06 bits per heavy atom. The molecule has 1 aromatic carbocycles. The molecule has 0 spiro atoms. The zero-order valence-corrected chi connectivity index (χ0v) is 10.8. The van der Waals surface area contributed by atoms with Crippen LogP contribution in [0, 0.1) is 0 Å². The highest BCUT2D eigenvalue weighted by atomic mass is 35.5. The SMILES string of the molecule is CCNS(=O)(=O)c1cc(CNC)ccc1Cl. The fourth-order valence-electron chi connectivity index (χ4n) is 1.34. The molecule has 0 amide bonds. The summed E-state index contributed by atoms with van der Waals surface area (Å²) in [6, 6.07) is 4.97. The predicted molar refractivity (Wildman–Crippen MR) is 65.1 cm³/mol. The molecule has 0 unspecified atom stereocenters. The summed E-state index contributed by atoms with van der Waals surface area (Å²) in [4.78, 5) is 0.128. The van der Waals surface area contributed by atoms with E-state index in [2.05, 4.69) is 10.0 Å². The van der Waals surface area contributed by atoms with E-state index in [9.17, 15) is 8.42 Å². The van der Waals surface area contributed by atoms with E-state index in [1.54, 1.807) is 32.2 Å². The molecule has 0 atom stereocenters. The summed E-state index contributed by atoms with van der Waals surface area (Å²) in [7, 11) is -1.69. The fraction of sp³-hybridized carbons (Fsp3) is 0.400. The third kappa shape index (κ3) is 3.18. The lowest BCUT2D eigenvalue weighted by Crippen LogP contribution is -2.23. The Bertz CT molecular complexity index is 460. The number of halogens is 1. The van der Waals surface area contributed by atoms with Crippen molar-refractivity contribution < 1.29 is 8.42 Å². The minimum Gasteiger partial charge on any atom is -0.316 e. The van der Waals surface area contributed by atoms with Crippen LogP contribution in [0.5, 0.6) is 0 Å². The largest absolute Gasteiger partial charge is 0.316 e. The molecule has 0 saturated heterocycles. The molecule has 0 bridgehead atoms. The lowest BCUT2D eigenvalue weighted by molar-refractivity contribution is 0.583. The molecule has 4 nitrogen and oxygen atoms in total. The van der Waals surface area contributed by atoms with Gasteiger partial charge in [-0.05, 0) is 24.7 Å². The Labute approximate surface area is 101 Å². The molecule has 0 aliphatic rings. The summed E-state index contributed by atoms with van der Waals surface area (Å²) in [6.07, 6.45) is 0. The minimum atomic E-state index is -3.49. The first-order chi connectivity index (χ1) is 7.51. The molecule has 0 aliphatic heterocycles. The van der Waals surface area contributed by atoms with Crippen molar-refractivity contribution in [2.45, 2.75) is 18.4 Å². The monoisotopic (exact) mass is 262 g/mol. The summed E-state index contributed by atoms with van der Waals surface area (Å²) in [5.74, 6) is 0. The van der Waals surface area contributed by atoms with E-state index < -0.39 is 10.0 Å². The van der Waals surface area contributed by atoms with Gasteiger partial charge in [-0.1, -0.05) is 24.6 Å². The van der Waals surface area contributed by atoms with Gasteiger partial charge in [0.05, 0.1) is 5.02 Å². The Hall–Kier alpha value is -0.620. The van der Waals surface area contributed by atoms with Crippen molar-refractivity contribution >= 4 is 21.6 Å². The highest BCUT2D eigenvalue weighted by molar-refractivity contribution is 7.89. The standard InChI is InChI=1S/C10H15ClN2O2S/c1-3-13-16(14,15)10-6-8(7-12-2)4-5-9(10)11/h4-6,12-13H,3,7H2,1-2H3. The molecular formula is C10H15ClN2O2S. The summed E-state index contributed by atoms with van der Waals surface area (Å²) in [5.41, 5.74) is 0.878. The third-order valence-corrected chi connectivity index (χ3v) is 4.03. The lowest BCUT2D eigenvalue weighted by atomic mass is 10.2. The van der Waals surface area contributed by atoms with Gasteiger partial charge in [-0.15, -0.1) is 0 Å². The van der Waals surface area contributed by atoms with Crippen LogP contribution in [0.15, 0.2) is 23.1 Å². The number of rotatable bonds is 5. The van der Waals surface area contributed by atoms with Crippen LogP contribution in [0.4, 0.5) is 0 Å². The Morgan fingerprint density at radius 1 is 1.38 bits per heavy atom. The van der Waals surface area contributed by atoms with Gasteiger partial charge < -0.3 is 5.32 Å². The maximum Gasteiger partial charge on any atom is 0.242 e. The number of hydrogen-bond donors (Lipinski definition) is 2. The van der Waals surface area contributed by atoms with Crippen LogP contribution in [-0.2, 0) is 16.6 Å². The first-order valence-electron chi connectivity index (χ1n) is 4.94. The van der Waals surface area contributed by atoms with Crippen LogP contribution >= 0.6 is 11.6 Å². The maximum absolute atomic E-state index is 11.8. The van der Waals surface area contributed by atoms with Crippen LogP contribution in [-0.4, -0.2) is 22.0 Å². The second kappa shape index (κ2) is 5.63.